The summed E-state index contributed by atoms with van der Waals surface area (Å²) < 4.78 is 0. The second-order valence-corrected chi connectivity index (χ2v) is 10.6. The van der Waals surface area contributed by atoms with E-state index in [9.17, 15) is 10.4 Å². The van der Waals surface area contributed by atoms with E-state index < -0.39 is 0 Å². The molecular formula is C22H36N2O2. The average Bonchev–Trinajstić information content (AvgIpc) is 2.45. The highest BCUT2D eigenvalue weighted by molar-refractivity contribution is 5.29. The predicted molar refractivity (Wildman–Crippen MR) is 105 cm³/mol. The molecule has 26 heavy (non-hydrogen) atoms. The second kappa shape index (κ2) is 6.84. The third-order valence-corrected chi connectivity index (χ3v) is 5.89. The number of piperidine rings is 2. The van der Waals surface area contributed by atoms with Crippen molar-refractivity contribution in [2.45, 2.75) is 103 Å². The van der Waals surface area contributed by atoms with E-state index in [1.807, 2.05) is 0 Å². The highest BCUT2D eigenvalue weighted by atomic mass is 16.5. The zero-order valence-corrected chi connectivity index (χ0v) is 17.8. The minimum Gasteiger partial charge on any atom is -0.313 e. The van der Waals surface area contributed by atoms with Crippen LogP contribution in [0.3, 0.4) is 0 Å². The number of hydroxylamine groups is 4. The molecule has 0 amide bonds. The van der Waals surface area contributed by atoms with Gasteiger partial charge in [0, 0.05) is 34.0 Å². The van der Waals surface area contributed by atoms with E-state index in [1.165, 1.54) is 10.1 Å². The summed E-state index contributed by atoms with van der Waals surface area (Å²) in [6.07, 6.45) is 3.35. The lowest BCUT2D eigenvalue weighted by molar-refractivity contribution is -0.247. The van der Waals surface area contributed by atoms with Crippen LogP contribution in [-0.2, 0) is 0 Å². The maximum Gasteiger partial charge on any atom is 0.0422 e. The van der Waals surface area contributed by atoms with E-state index >= 15 is 0 Å². The average molecular weight is 361 g/mol. The molecule has 2 aliphatic heterocycles. The fraction of sp³-hybridized carbons (Fsp3) is 0.818. The maximum absolute atomic E-state index is 10.4. The number of nitrogens with zero attached hydrogens (tertiary/aromatic N) is 2. The first-order chi connectivity index (χ1) is 11.7. The van der Waals surface area contributed by atoms with Crippen LogP contribution >= 0.6 is 0 Å². The molecule has 0 aromatic rings. The van der Waals surface area contributed by atoms with Gasteiger partial charge in [-0.25, -0.2) is 0 Å². The van der Waals surface area contributed by atoms with E-state index in [2.05, 4.69) is 79.1 Å². The van der Waals surface area contributed by atoms with Crippen LogP contribution < -0.4 is 0 Å². The first-order valence-corrected chi connectivity index (χ1v) is 9.67. The molecule has 0 saturated carbocycles. The lowest BCUT2D eigenvalue weighted by atomic mass is 9.75. The molecule has 0 spiro atoms. The fourth-order valence-electron chi connectivity index (χ4n) is 5.02. The van der Waals surface area contributed by atoms with Gasteiger partial charge in [-0.05, 0) is 92.9 Å². The molecule has 2 heterocycles. The van der Waals surface area contributed by atoms with Gasteiger partial charge in [-0.3, -0.25) is 0 Å². The van der Waals surface area contributed by atoms with Gasteiger partial charge < -0.3 is 10.4 Å². The normalized spacial score (nSPS) is 28.5. The Kier molecular flexibility index (Phi) is 5.60. The standard InChI is InChI=1S/C22H36N2O2/c1-19(2)13-17(14-20(3,4)23(19)25)11-9-10-12-18-15-21(5,6)24(26)22(7,8)16-18/h17-18,25-26H,13-16H2,1-8H3. The first kappa shape index (κ1) is 21.3. The summed E-state index contributed by atoms with van der Waals surface area (Å²) in [5, 5.41) is 23.7. The van der Waals surface area contributed by atoms with Crippen molar-refractivity contribution in [2.24, 2.45) is 11.8 Å². The maximum atomic E-state index is 10.4. The topological polar surface area (TPSA) is 46.9 Å². The van der Waals surface area contributed by atoms with Gasteiger partial charge in [-0.15, -0.1) is 0 Å². The zero-order valence-electron chi connectivity index (χ0n) is 17.8. The Morgan fingerprint density at radius 1 is 0.577 bits per heavy atom. The van der Waals surface area contributed by atoms with Gasteiger partial charge in [0.25, 0.3) is 0 Å². The molecule has 2 aliphatic rings. The molecular weight excluding hydrogens is 324 g/mol. The monoisotopic (exact) mass is 360 g/mol. The Labute approximate surface area is 159 Å². The van der Waals surface area contributed by atoms with Gasteiger partial charge in [-0.1, -0.05) is 11.8 Å². The number of hydrogen-bond donors (Lipinski definition) is 2. The van der Waals surface area contributed by atoms with Crippen molar-refractivity contribution in [3.05, 3.63) is 0 Å². The molecule has 0 bridgehead atoms. The van der Waals surface area contributed by atoms with Crippen molar-refractivity contribution >= 4 is 0 Å². The summed E-state index contributed by atoms with van der Waals surface area (Å²) in [7, 11) is 0. The van der Waals surface area contributed by atoms with Gasteiger partial charge in [0.15, 0.2) is 0 Å². The Bertz CT molecular complexity index is 561. The van der Waals surface area contributed by atoms with Crippen molar-refractivity contribution in [3.63, 3.8) is 0 Å². The van der Waals surface area contributed by atoms with E-state index in [1.54, 1.807) is 0 Å². The van der Waals surface area contributed by atoms with E-state index in [-0.39, 0.29) is 34.0 Å². The van der Waals surface area contributed by atoms with Crippen LogP contribution in [-0.4, -0.2) is 42.7 Å². The number of rotatable bonds is 0. The summed E-state index contributed by atoms with van der Waals surface area (Å²) in [4.78, 5) is 0. The molecule has 0 radical (unpaired) electrons. The highest BCUT2D eigenvalue weighted by Crippen LogP contribution is 2.40. The third kappa shape index (κ3) is 4.44. The van der Waals surface area contributed by atoms with E-state index in [4.69, 9.17) is 0 Å². The molecule has 0 atom stereocenters. The van der Waals surface area contributed by atoms with Gasteiger partial charge in [0.2, 0.25) is 0 Å². The molecule has 0 aromatic carbocycles. The smallest absolute Gasteiger partial charge is 0.0422 e. The lowest BCUT2D eigenvalue weighted by Gasteiger charge is -2.50. The van der Waals surface area contributed by atoms with Crippen LogP contribution in [0.15, 0.2) is 0 Å². The summed E-state index contributed by atoms with van der Waals surface area (Å²) in [5.41, 5.74) is -1.12. The first-order valence-electron chi connectivity index (χ1n) is 9.67. The highest BCUT2D eigenvalue weighted by Gasteiger charge is 2.45. The van der Waals surface area contributed by atoms with Crippen LogP contribution in [0.5, 0.6) is 0 Å². The van der Waals surface area contributed by atoms with Crippen molar-refractivity contribution in [1.29, 1.82) is 0 Å². The molecule has 0 aliphatic carbocycles. The van der Waals surface area contributed by atoms with Gasteiger partial charge in [0.1, 0.15) is 0 Å². The molecule has 0 aromatic heterocycles. The Balaban J connectivity index is 2.07. The Morgan fingerprint density at radius 3 is 1.04 bits per heavy atom. The number of hydrogen-bond acceptors (Lipinski definition) is 4. The van der Waals surface area contributed by atoms with Crippen molar-refractivity contribution in [1.82, 2.24) is 10.1 Å². The molecule has 4 nitrogen and oxygen atoms in total. The van der Waals surface area contributed by atoms with E-state index in [0.717, 1.165) is 25.7 Å². The predicted octanol–water partition coefficient (Wildman–Crippen LogP) is 4.31. The fourth-order valence-corrected chi connectivity index (χ4v) is 5.02. The minimum absolute atomic E-state index is 0.241. The summed E-state index contributed by atoms with van der Waals surface area (Å²) in [6.45, 7) is 16.5. The van der Waals surface area contributed by atoms with Crippen LogP contribution in [0.2, 0.25) is 0 Å². The quantitative estimate of drug-likeness (QED) is 0.632. The van der Waals surface area contributed by atoms with Crippen molar-refractivity contribution < 1.29 is 10.4 Å². The summed E-state index contributed by atoms with van der Waals surface area (Å²) in [5.74, 6) is 13.3. The molecule has 2 N–H and O–H groups in total. The second-order valence-electron chi connectivity index (χ2n) is 10.6. The largest absolute Gasteiger partial charge is 0.313 e. The molecule has 146 valence electrons. The van der Waals surface area contributed by atoms with Crippen molar-refractivity contribution in [2.75, 3.05) is 0 Å². The third-order valence-electron chi connectivity index (χ3n) is 5.89. The SMILES string of the molecule is CC1(C)CC(C#CC#CC2CC(C)(C)N(O)C(C)(C)C2)CC(C)(C)N1O. The Hall–Kier alpha value is -1.04. The van der Waals surface area contributed by atoms with Crippen LogP contribution in [0.25, 0.3) is 0 Å². The van der Waals surface area contributed by atoms with E-state index in [0.29, 0.717) is 0 Å². The molecule has 2 saturated heterocycles. The molecule has 4 heteroatoms. The minimum atomic E-state index is -0.281. The van der Waals surface area contributed by atoms with Gasteiger partial charge in [0.05, 0.1) is 0 Å². The zero-order chi connectivity index (χ0) is 20.0. The van der Waals surface area contributed by atoms with Crippen LogP contribution in [0.1, 0.15) is 81.1 Å². The molecule has 2 rings (SSSR count). The molecule has 0 unspecified atom stereocenters. The lowest BCUT2D eigenvalue weighted by Crippen LogP contribution is -2.58. The van der Waals surface area contributed by atoms with Crippen LogP contribution in [0.4, 0.5) is 0 Å². The summed E-state index contributed by atoms with van der Waals surface area (Å²) in [6, 6.07) is 0. The van der Waals surface area contributed by atoms with Crippen LogP contribution in [0, 0.1) is 35.5 Å². The summed E-state index contributed by atoms with van der Waals surface area (Å²) >= 11 is 0. The van der Waals surface area contributed by atoms with Crippen molar-refractivity contribution in [3.8, 4) is 23.7 Å². The van der Waals surface area contributed by atoms with Gasteiger partial charge in [-0.2, -0.15) is 10.1 Å². The Morgan fingerprint density at radius 2 is 0.808 bits per heavy atom. The molecule has 2 fully saturated rings. The van der Waals surface area contributed by atoms with Gasteiger partial charge >= 0.3 is 0 Å².